The maximum absolute atomic E-state index is 10.0. The van der Waals surface area contributed by atoms with E-state index in [-0.39, 0.29) is 5.92 Å². The molecule has 0 aliphatic heterocycles. The molecule has 1 heterocycles. The number of nitrogens with zero attached hydrogens (tertiary/aromatic N) is 3. The molecule has 1 rings (SSSR count). The van der Waals surface area contributed by atoms with Crippen LogP contribution in [0.1, 0.15) is 13.8 Å². The molecule has 0 aliphatic carbocycles. The molecule has 1 aromatic rings. The van der Waals surface area contributed by atoms with E-state index in [2.05, 4.69) is 20.6 Å². The number of carbonyl (C=O) groups is 1. The van der Waals surface area contributed by atoms with Crippen molar-refractivity contribution < 1.29 is 9.90 Å². The summed E-state index contributed by atoms with van der Waals surface area (Å²) in [7, 11) is 0. The van der Waals surface area contributed by atoms with Crippen molar-refractivity contribution >= 4 is 5.97 Å². The van der Waals surface area contributed by atoms with Gasteiger partial charge in [-0.1, -0.05) is 13.8 Å². The number of aromatic nitrogens is 4. The topological polar surface area (TPSA) is 118 Å². The summed E-state index contributed by atoms with van der Waals surface area (Å²) >= 11 is 0. The van der Waals surface area contributed by atoms with Gasteiger partial charge in [0.2, 0.25) is 0 Å². The van der Waals surface area contributed by atoms with E-state index >= 15 is 0 Å². The van der Waals surface area contributed by atoms with Crippen LogP contribution < -0.4 is 5.73 Å². The van der Waals surface area contributed by atoms with Gasteiger partial charge in [0, 0.05) is 0 Å². The minimum absolute atomic E-state index is 0.0208. The van der Waals surface area contributed by atoms with Gasteiger partial charge < -0.3 is 10.8 Å². The molecule has 0 unspecified atom stereocenters. The van der Waals surface area contributed by atoms with E-state index in [1.807, 2.05) is 0 Å². The van der Waals surface area contributed by atoms with Crippen molar-refractivity contribution in [1.82, 2.24) is 20.6 Å². The first-order chi connectivity index (χ1) is 6.05. The van der Waals surface area contributed by atoms with Crippen molar-refractivity contribution in [2.24, 2.45) is 11.7 Å². The Morgan fingerprint density at radius 1 is 1.62 bits per heavy atom. The summed E-state index contributed by atoms with van der Waals surface area (Å²) in [6.45, 7) is 3.55. The second-order valence-electron chi connectivity index (χ2n) is 2.67. The van der Waals surface area contributed by atoms with Gasteiger partial charge in [0.05, 0.1) is 0 Å². The van der Waals surface area contributed by atoms with Gasteiger partial charge in [0.1, 0.15) is 12.4 Å². The zero-order chi connectivity index (χ0) is 10.3. The number of nitrogens with two attached hydrogens (primary N) is 1. The zero-order valence-electron chi connectivity index (χ0n) is 7.51. The van der Waals surface area contributed by atoms with Crippen LogP contribution in [0.25, 0.3) is 0 Å². The van der Waals surface area contributed by atoms with Crippen molar-refractivity contribution in [1.29, 1.82) is 0 Å². The normalized spacial score (nSPS) is 11.7. The lowest BCUT2D eigenvalue weighted by atomic mass is 10.1. The number of H-pyrrole nitrogens is 1. The maximum Gasteiger partial charge on any atom is 0.320 e. The van der Waals surface area contributed by atoms with Crippen LogP contribution in [0.2, 0.25) is 0 Å². The predicted octanol–water partition coefficient (Wildman–Crippen LogP) is -0.746. The lowest BCUT2D eigenvalue weighted by Gasteiger charge is -2.07. The smallest absolute Gasteiger partial charge is 0.320 e. The SMILES string of the molecule is CC(C)[C@H](N)C(=O)O.c1nnn[nH]1. The standard InChI is InChI=1S/C5H11NO2.CH2N4/c1-3(2)4(6)5(7)8;1-2-4-5-3-1/h3-4H,6H2,1-2H3,(H,7,8);1H,(H,2,3,4,5)/t4-;/m0./s1. The lowest BCUT2D eigenvalue weighted by Crippen LogP contribution is -2.34. The van der Waals surface area contributed by atoms with Crippen molar-refractivity contribution in [3.8, 4) is 0 Å². The molecule has 74 valence electrons. The van der Waals surface area contributed by atoms with Crippen molar-refractivity contribution in [2.45, 2.75) is 19.9 Å². The number of tetrazole rings is 1. The quantitative estimate of drug-likeness (QED) is 0.560. The predicted molar refractivity (Wildman–Crippen MR) is 44.6 cm³/mol. The first-order valence-electron chi connectivity index (χ1n) is 3.71. The number of aromatic amines is 1. The third-order valence-electron chi connectivity index (χ3n) is 1.27. The van der Waals surface area contributed by atoms with E-state index in [0.717, 1.165) is 0 Å². The molecule has 0 bridgehead atoms. The lowest BCUT2D eigenvalue weighted by molar-refractivity contribution is -0.139. The number of carboxylic acids is 1. The van der Waals surface area contributed by atoms with Crippen molar-refractivity contribution in [3.05, 3.63) is 6.33 Å². The molecule has 13 heavy (non-hydrogen) atoms. The van der Waals surface area contributed by atoms with Gasteiger partial charge in [-0.3, -0.25) is 4.79 Å². The first-order valence-corrected chi connectivity index (χ1v) is 3.71. The maximum atomic E-state index is 10.0. The van der Waals surface area contributed by atoms with Crippen LogP contribution in [0.3, 0.4) is 0 Å². The summed E-state index contributed by atoms with van der Waals surface area (Å²) in [6.07, 6.45) is 1.40. The average Bonchev–Trinajstić information content (AvgIpc) is 2.59. The number of rotatable bonds is 2. The average molecular weight is 187 g/mol. The number of hydrogen-bond acceptors (Lipinski definition) is 5. The fourth-order valence-electron chi connectivity index (χ4n) is 0.414. The van der Waals surface area contributed by atoms with Crippen LogP contribution in [0, 0.1) is 5.92 Å². The fraction of sp³-hybridized carbons (Fsp3) is 0.667. The van der Waals surface area contributed by atoms with Gasteiger partial charge in [-0.15, -0.1) is 5.10 Å². The van der Waals surface area contributed by atoms with Crippen LogP contribution in [0.5, 0.6) is 0 Å². The second kappa shape index (κ2) is 6.06. The zero-order valence-corrected chi connectivity index (χ0v) is 7.51. The van der Waals surface area contributed by atoms with Gasteiger partial charge in [0.25, 0.3) is 0 Å². The molecule has 0 fully saturated rings. The van der Waals surface area contributed by atoms with E-state index in [1.54, 1.807) is 13.8 Å². The van der Waals surface area contributed by atoms with Gasteiger partial charge in [0.15, 0.2) is 0 Å². The molecule has 0 saturated carbocycles. The van der Waals surface area contributed by atoms with Gasteiger partial charge in [-0.2, -0.15) is 0 Å². The minimum atomic E-state index is -0.931. The molecule has 4 N–H and O–H groups in total. The summed E-state index contributed by atoms with van der Waals surface area (Å²) < 4.78 is 0. The number of nitrogens with one attached hydrogen (secondary N) is 1. The summed E-state index contributed by atoms with van der Waals surface area (Å²) in [6, 6.07) is -0.713. The molecule has 1 aromatic heterocycles. The molecule has 0 radical (unpaired) electrons. The first kappa shape index (κ1) is 11.5. The van der Waals surface area contributed by atoms with Gasteiger partial charge in [-0.05, 0) is 16.3 Å². The number of aliphatic carboxylic acids is 1. The molecule has 7 heteroatoms. The summed E-state index contributed by atoms with van der Waals surface area (Å²) in [5.41, 5.74) is 5.16. The Hall–Kier alpha value is -1.50. The van der Waals surface area contributed by atoms with Crippen LogP contribution in [0.4, 0.5) is 0 Å². The summed E-state index contributed by atoms with van der Waals surface area (Å²) in [5, 5.41) is 20.3. The molecule has 0 aromatic carbocycles. The van der Waals surface area contributed by atoms with Gasteiger partial charge >= 0.3 is 5.97 Å². The summed E-state index contributed by atoms with van der Waals surface area (Å²) in [5.74, 6) is -0.910. The van der Waals surface area contributed by atoms with E-state index in [0.29, 0.717) is 0 Å². The van der Waals surface area contributed by atoms with Crippen LogP contribution in [-0.4, -0.2) is 37.7 Å². The van der Waals surface area contributed by atoms with Crippen LogP contribution in [0.15, 0.2) is 6.33 Å². The Balaban J connectivity index is 0.000000243. The highest BCUT2D eigenvalue weighted by Crippen LogP contribution is 1.96. The van der Waals surface area contributed by atoms with E-state index < -0.39 is 12.0 Å². The molecule has 0 amide bonds. The Morgan fingerprint density at radius 2 is 2.23 bits per heavy atom. The molecule has 0 saturated heterocycles. The highest BCUT2D eigenvalue weighted by atomic mass is 16.4. The monoisotopic (exact) mass is 187 g/mol. The molecular weight excluding hydrogens is 174 g/mol. The van der Waals surface area contributed by atoms with Crippen LogP contribution in [-0.2, 0) is 4.79 Å². The third-order valence-corrected chi connectivity index (χ3v) is 1.27. The molecule has 7 nitrogen and oxygen atoms in total. The number of hydrogen-bond donors (Lipinski definition) is 3. The van der Waals surface area contributed by atoms with E-state index in [9.17, 15) is 4.79 Å². The van der Waals surface area contributed by atoms with Gasteiger partial charge in [-0.25, -0.2) is 5.10 Å². The highest BCUT2D eigenvalue weighted by Gasteiger charge is 2.14. The largest absolute Gasteiger partial charge is 0.480 e. The minimum Gasteiger partial charge on any atom is -0.480 e. The van der Waals surface area contributed by atoms with Crippen LogP contribution >= 0.6 is 0 Å². The fourth-order valence-corrected chi connectivity index (χ4v) is 0.414. The Morgan fingerprint density at radius 3 is 2.31 bits per heavy atom. The Kier molecular flexibility index (Phi) is 5.37. The Labute approximate surface area is 75.3 Å². The molecular formula is C6H13N5O2. The summed E-state index contributed by atoms with van der Waals surface area (Å²) in [4.78, 5) is 10.0. The molecule has 1 atom stereocenters. The van der Waals surface area contributed by atoms with E-state index in [1.165, 1.54) is 6.33 Å². The molecule has 0 aliphatic rings. The van der Waals surface area contributed by atoms with Crippen molar-refractivity contribution in [2.75, 3.05) is 0 Å². The Bertz CT molecular complexity index is 206. The number of carboxylic acid groups (broad SMARTS) is 1. The molecule has 0 spiro atoms. The second-order valence-corrected chi connectivity index (χ2v) is 2.67. The van der Waals surface area contributed by atoms with E-state index in [4.69, 9.17) is 10.8 Å². The highest BCUT2D eigenvalue weighted by molar-refractivity contribution is 5.73. The van der Waals surface area contributed by atoms with Crippen molar-refractivity contribution in [3.63, 3.8) is 0 Å². The third kappa shape index (κ3) is 5.74.